The summed E-state index contributed by atoms with van der Waals surface area (Å²) >= 11 is 0. The molecule has 0 bridgehead atoms. The second kappa shape index (κ2) is 16.0. The van der Waals surface area contributed by atoms with Crippen LogP contribution in [0.5, 0.6) is 0 Å². The minimum absolute atomic E-state index is 0.573. The van der Waals surface area contributed by atoms with Crippen LogP contribution in [0.4, 0.5) is 51.2 Å². The van der Waals surface area contributed by atoms with Crippen LogP contribution in [-0.4, -0.2) is 4.98 Å². The first-order chi connectivity index (χ1) is 30.8. The Labute approximate surface area is 360 Å². The predicted molar refractivity (Wildman–Crippen MR) is 259 cm³/mol. The number of rotatable bonds is 10. The number of benzene rings is 10. The highest BCUT2D eigenvalue weighted by Gasteiger charge is 2.25. The van der Waals surface area contributed by atoms with Crippen LogP contribution in [0.1, 0.15) is 0 Å². The van der Waals surface area contributed by atoms with Crippen molar-refractivity contribution in [1.29, 1.82) is 0 Å². The van der Waals surface area contributed by atoms with Crippen molar-refractivity contribution in [1.82, 2.24) is 4.98 Å². The number of oxazole rings is 1. The first-order valence-electron chi connectivity index (χ1n) is 20.9. The summed E-state index contributed by atoms with van der Waals surface area (Å²) in [7, 11) is 0. The maximum absolute atomic E-state index is 6.94. The molecular formula is C57H40N4O. The molecule has 0 radical (unpaired) electrons. The van der Waals surface area contributed by atoms with Crippen molar-refractivity contribution in [3.8, 4) is 11.5 Å². The van der Waals surface area contributed by atoms with E-state index < -0.39 is 0 Å². The standard InChI is InChI=1S/C57H40N4O/c1-6-21-42(22-7-1)57-58-55-53(38-43-37-36-41-20-16-17-35-52(41)54(43)56(55)62-57)61(50-33-18-31-48(39-50)59(44-23-8-2-9-24-44)45-25-10-3-11-26-45)51-34-19-32-49(40-51)60(46-27-12-4-13-28-46)47-29-14-5-15-30-47/h1-40H. The number of para-hydroxylation sites is 4. The summed E-state index contributed by atoms with van der Waals surface area (Å²) in [5.41, 5.74) is 11.6. The number of nitrogens with zero attached hydrogens (tertiary/aromatic N) is 4. The van der Waals surface area contributed by atoms with Gasteiger partial charge in [0.05, 0.1) is 5.69 Å². The topological polar surface area (TPSA) is 35.8 Å². The number of aromatic nitrogens is 1. The van der Waals surface area contributed by atoms with Gasteiger partial charge in [0.25, 0.3) is 0 Å². The lowest BCUT2D eigenvalue weighted by molar-refractivity contribution is 0.623. The molecule has 10 aromatic carbocycles. The minimum atomic E-state index is 0.573. The van der Waals surface area contributed by atoms with Crippen LogP contribution in [0, 0.1) is 0 Å². The van der Waals surface area contributed by atoms with Crippen LogP contribution < -0.4 is 14.7 Å². The van der Waals surface area contributed by atoms with Crippen LogP contribution in [0.2, 0.25) is 0 Å². The maximum Gasteiger partial charge on any atom is 0.227 e. The first-order valence-corrected chi connectivity index (χ1v) is 20.9. The first kappa shape index (κ1) is 36.7. The lowest BCUT2D eigenvalue weighted by Crippen LogP contribution is -2.15. The molecule has 0 aliphatic carbocycles. The van der Waals surface area contributed by atoms with E-state index in [1.54, 1.807) is 0 Å². The van der Waals surface area contributed by atoms with Gasteiger partial charge in [0.2, 0.25) is 5.89 Å². The van der Waals surface area contributed by atoms with Gasteiger partial charge in [-0.15, -0.1) is 0 Å². The Balaban J connectivity index is 1.19. The molecule has 0 N–H and O–H groups in total. The summed E-state index contributed by atoms with van der Waals surface area (Å²) in [6.07, 6.45) is 0. The normalized spacial score (nSPS) is 11.2. The van der Waals surface area contributed by atoms with Crippen LogP contribution >= 0.6 is 0 Å². The van der Waals surface area contributed by atoms with Gasteiger partial charge in [-0.25, -0.2) is 4.98 Å². The molecule has 1 aromatic heterocycles. The Kier molecular flexibility index (Phi) is 9.45. The third kappa shape index (κ3) is 6.78. The number of hydrogen-bond donors (Lipinski definition) is 0. The van der Waals surface area contributed by atoms with Crippen molar-refractivity contribution < 1.29 is 4.42 Å². The third-order valence-corrected chi connectivity index (χ3v) is 11.4. The molecule has 0 aliphatic heterocycles. The van der Waals surface area contributed by atoms with Gasteiger partial charge in [0.1, 0.15) is 5.52 Å². The van der Waals surface area contributed by atoms with Crippen molar-refractivity contribution in [2.45, 2.75) is 0 Å². The molecule has 0 fully saturated rings. The maximum atomic E-state index is 6.94. The van der Waals surface area contributed by atoms with Gasteiger partial charge in [0, 0.05) is 56.4 Å². The smallest absolute Gasteiger partial charge is 0.227 e. The average molecular weight is 797 g/mol. The molecule has 1 heterocycles. The van der Waals surface area contributed by atoms with Crippen LogP contribution in [0.3, 0.4) is 0 Å². The average Bonchev–Trinajstić information content (AvgIpc) is 3.80. The van der Waals surface area contributed by atoms with Gasteiger partial charge in [0.15, 0.2) is 5.58 Å². The molecule has 11 rings (SSSR count). The van der Waals surface area contributed by atoms with E-state index in [0.717, 1.165) is 89.4 Å². The highest BCUT2D eigenvalue weighted by molar-refractivity contribution is 6.21. The van der Waals surface area contributed by atoms with Gasteiger partial charge >= 0.3 is 0 Å². The molecule has 0 saturated heterocycles. The van der Waals surface area contributed by atoms with Gasteiger partial charge in [-0.2, -0.15) is 0 Å². The van der Waals surface area contributed by atoms with E-state index in [4.69, 9.17) is 9.40 Å². The number of fused-ring (bicyclic) bond motifs is 5. The summed E-state index contributed by atoms with van der Waals surface area (Å²) in [6, 6.07) is 85.1. The van der Waals surface area contributed by atoms with Gasteiger partial charge < -0.3 is 19.1 Å². The molecule has 0 unspecified atom stereocenters. The Bertz CT molecular complexity index is 3090. The Morgan fingerprint density at radius 1 is 0.323 bits per heavy atom. The fourth-order valence-electron chi connectivity index (χ4n) is 8.59. The predicted octanol–water partition coefficient (Wildman–Crippen LogP) is 16.2. The van der Waals surface area contributed by atoms with E-state index in [-0.39, 0.29) is 0 Å². The van der Waals surface area contributed by atoms with E-state index in [0.29, 0.717) is 5.89 Å². The third-order valence-electron chi connectivity index (χ3n) is 11.4. The fraction of sp³-hybridized carbons (Fsp3) is 0. The molecule has 0 saturated carbocycles. The molecule has 0 atom stereocenters. The Hall–Kier alpha value is -8.41. The van der Waals surface area contributed by atoms with Crippen LogP contribution in [-0.2, 0) is 0 Å². The van der Waals surface area contributed by atoms with Gasteiger partial charge in [-0.1, -0.05) is 140 Å². The highest BCUT2D eigenvalue weighted by Crippen LogP contribution is 2.47. The van der Waals surface area contributed by atoms with Crippen molar-refractivity contribution in [2.24, 2.45) is 0 Å². The monoisotopic (exact) mass is 796 g/mol. The molecule has 0 aliphatic rings. The van der Waals surface area contributed by atoms with Crippen molar-refractivity contribution in [2.75, 3.05) is 14.7 Å². The van der Waals surface area contributed by atoms with Crippen LogP contribution in [0.25, 0.3) is 44.1 Å². The second-order valence-electron chi connectivity index (χ2n) is 15.2. The molecule has 5 heteroatoms. The zero-order valence-electron chi connectivity index (χ0n) is 33.8. The van der Waals surface area contributed by atoms with E-state index in [9.17, 15) is 0 Å². The quantitative estimate of drug-likeness (QED) is 0.129. The summed E-state index contributed by atoms with van der Waals surface area (Å²) in [5.74, 6) is 0.573. The molecule has 294 valence electrons. The van der Waals surface area contributed by atoms with E-state index in [1.165, 1.54) is 0 Å². The highest BCUT2D eigenvalue weighted by atomic mass is 16.3. The zero-order valence-corrected chi connectivity index (χ0v) is 33.8. The Morgan fingerprint density at radius 3 is 1.23 bits per heavy atom. The Morgan fingerprint density at radius 2 is 0.726 bits per heavy atom. The number of hydrogen-bond acceptors (Lipinski definition) is 5. The zero-order chi connectivity index (χ0) is 41.2. The molecular weight excluding hydrogens is 757 g/mol. The summed E-state index contributed by atoms with van der Waals surface area (Å²) in [6.45, 7) is 0. The van der Waals surface area contributed by atoms with Crippen molar-refractivity contribution >= 4 is 83.8 Å². The lowest BCUT2D eigenvalue weighted by atomic mass is 9.99. The number of anilines is 9. The second-order valence-corrected chi connectivity index (χ2v) is 15.2. The van der Waals surface area contributed by atoms with Gasteiger partial charge in [-0.05, 0) is 119 Å². The molecule has 5 nitrogen and oxygen atoms in total. The molecule has 0 spiro atoms. The summed E-state index contributed by atoms with van der Waals surface area (Å²) in [4.78, 5) is 12.3. The summed E-state index contributed by atoms with van der Waals surface area (Å²) < 4.78 is 6.94. The SMILES string of the molecule is c1ccc(-c2nc3c(N(c4cccc(N(c5ccccc5)c5ccccc5)c4)c4cccc(N(c5ccccc5)c5ccccc5)c4)cc4ccc5ccccc5c4c3o2)cc1. The minimum Gasteiger partial charge on any atom is -0.435 e. The largest absolute Gasteiger partial charge is 0.435 e. The fourth-order valence-corrected chi connectivity index (χ4v) is 8.59. The molecule has 11 aromatic rings. The van der Waals surface area contributed by atoms with Gasteiger partial charge in [-0.3, -0.25) is 0 Å². The molecule has 62 heavy (non-hydrogen) atoms. The van der Waals surface area contributed by atoms with Crippen molar-refractivity contribution in [3.63, 3.8) is 0 Å². The van der Waals surface area contributed by atoms with E-state index in [2.05, 4.69) is 239 Å². The lowest BCUT2D eigenvalue weighted by Gasteiger charge is -2.31. The van der Waals surface area contributed by atoms with Crippen LogP contribution in [0.15, 0.2) is 247 Å². The molecule has 0 amide bonds. The van der Waals surface area contributed by atoms with Crippen molar-refractivity contribution in [3.05, 3.63) is 243 Å². The van der Waals surface area contributed by atoms with E-state index >= 15 is 0 Å². The summed E-state index contributed by atoms with van der Waals surface area (Å²) in [5, 5.41) is 4.37. The van der Waals surface area contributed by atoms with E-state index in [1.807, 2.05) is 18.2 Å².